The van der Waals surface area contributed by atoms with Crippen molar-refractivity contribution in [3.05, 3.63) is 40.7 Å². The van der Waals surface area contributed by atoms with E-state index in [2.05, 4.69) is 31.6 Å². The number of nitrogens with one attached hydrogen (secondary N) is 4. The molecular weight excluding hydrogens is 405 g/mol. The van der Waals surface area contributed by atoms with E-state index in [1.165, 1.54) is 0 Å². The van der Waals surface area contributed by atoms with Gasteiger partial charge in [-0.25, -0.2) is 9.48 Å². The molecule has 0 saturated carbocycles. The third kappa shape index (κ3) is 5.34. The number of benzene rings is 1. The smallest absolute Gasteiger partial charge is 0.319 e. The van der Waals surface area contributed by atoms with Gasteiger partial charge in [0.2, 0.25) is 5.91 Å². The quantitative estimate of drug-likeness (QED) is 0.578. The summed E-state index contributed by atoms with van der Waals surface area (Å²) in [5.41, 5.74) is 2.19. The molecule has 2 atom stereocenters. The molecule has 1 aromatic heterocycles. The minimum atomic E-state index is -0.355. The summed E-state index contributed by atoms with van der Waals surface area (Å²) in [6.45, 7) is 2.78. The molecule has 3 amide bonds. The number of halogens is 2. The molecule has 0 bridgehead atoms. The lowest BCUT2D eigenvalue weighted by Crippen LogP contribution is -2.38. The molecule has 0 spiro atoms. The number of amides is 3. The molecule has 152 valence electrons. The molecule has 4 N–H and O–H groups in total. The molecule has 1 fully saturated rings. The summed E-state index contributed by atoms with van der Waals surface area (Å²) in [6, 6.07) is 4.79. The highest BCUT2D eigenvalue weighted by Crippen LogP contribution is 2.20. The number of likely N-dealkylation sites (N-methyl/N-ethyl adjacent to an activating group) is 1. The Balaban J connectivity index is 0.00000280. The van der Waals surface area contributed by atoms with Gasteiger partial charge in [-0.05, 0) is 31.0 Å². The second-order valence-corrected chi connectivity index (χ2v) is 6.83. The predicted octanol–water partition coefficient (Wildman–Crippen LogP) is 1.63. The summed E-state index contributed by atoms with van der Waals surface area (Å²) in [5.74, 6) is -0.0348. The van der Waals surface area contributed by atoms with Gasteiger partial charge in [-0.2, -0.15) is 0 Å². The number of anilines is 1. The first-order valence-corrected chi connectivity index (χ1v) is 9.00. The topological polar surface area (TPSA) is 113 Å². The van der Waals surface area contributed by atoms with E-state index < -0.39 is 0 Å². The van der Waals surface area contributed by atoms with Crippen molar-refractivity contribution < 1.29 is 9.59 Å². The number of aryl methyl sites for hydroxylation is 1. The number of hydrogen-bond donors (Lipinski definition) is 4. The van der Waals surface area contributed by atoms with Crippen LogP contribution in [0.15, 0.2) is 24.4 Å². The highest BCUT2D eigenvalue weighted by Gasteiger charge is 2.30. The third-order valence-electron chi connectivity index (χ3n) is 4.46. The van der Waals surface area contributed by atoms with Crippen molar-refractivity contribution in [3.8, 4) is 0 Å². The van der Waals surface area contributed by atoms with E-state index in [1.54, 1.807) is 30.1 Å². The fourth-order valence-electron chi connectivity index (χ4n) is 2.88. The van der Waals surface area contributed by atoms with Crippen LogP contribution in [0.25, 0.3) is 0 Å². The van der Waals surface area contributed by atoms with E-state index in [0.717, 1.165) is 5.56 Å². The first-order valence-electron chi connectivity index (χ1n) is 8.63. The molecule has 1 saturated heterocycles. The Kier molecular flexibility index (Phi) is 7.61. The molecule has 11 heteroatoms. The lowest BCUT2D eigenvalue weighted by atomic mass is 10.1. The van der Waals surface area contributed by atoms with Crippen LogP contribution in [0.5, 0.6) is 0 Å². The van der Waals surface area contributed by atoms with Crippen molar-refractivity contribution in [2.75, 3.05) is 18.9 Å². The second kappa shape index (κ2) is 9.72. The molecule has 1 aliphatic rings. The van der Waals surface area contributed by atoms with Crippen molar-refractivity contribution in [2.24, 2.45) is 0 Å². The Labute approximate surface area is 174 Å². The average molecular weight is 428 g/mol. The van der Waals surface area contributed by atoms with Gasteiger partial charge in [-0.15, -0.1) is 17.5 Å². The van der Waals surface area contributed by atoms with Crippen LogP contribution >= 0.6 is 24.0 Å². The van der Waals surface area contributed by atoms with E-state index in [0.29, 0.717) is 29.4 Å². The second-order valence-electron chi connectivity index (χ2n) is 6.43. The third-order valence-corrected chi connectivity index (χ3v) is 4.87. The van der Waals surface area contributed by atoms with Crippen molar-refractivity contribution in [2.45, 2.75) is 32.0 Å². The molecule has 0 aliphatic carbocycles. The number of aromatic nitrogens is 3. The standard InChI is InChI=1S/C17H22ClN7O2.ClH/c1-10-3-4-11(5-14(10)18)22-17(27)21-7-12-9-25(24-23-12)13-6-15(20-8-13)16(26)19-2;/h3-5,9,13,15,20H,6-8H2,1-2H3,(H,19,26)(H2,21,22,27);1H/t13-,15-;/m0./s1. The van der Waals surface area contributed by atoms with Gasteiger partial charge in [0.05, 0.1) is 24.8 Å². The molecule has 28 heavy (non-hydrogen) atoms. The van der Waals surface area contributed by atoms with Crippen LogP contribution in [0, 0.1) is 6.92 Å². The summed E-state index contributed by atoms with van der Waals surface area (Å²) in [6.07, 6.45) is 2.42. The summed E-state index contributed by atoms with van der Waals surface area (Å²) < 4.78 is 1.73. The number of hydrogen-bond acceptors (Lipinski definition) is 5. The van der Waals surface area contributed by atoms with E-state index in [-0.39, 0.29) is 43.0 Å². The Morgan fingerprint density at radius 1 is 1.39 bits per heavy atom. The SMILES string of the molecule is CNC(=O)[C@@H]1C[C@H](n2cc(CNC(=O)Nc3ccc(C)c(Cl)c3)nn2)CN1.Cl. The molecule has 3 rings (SSSR count). The van der Waals surface area contributed by atoms with Gasteiger partial charge >= 0.3 is 6.03 Å². The van der Waals surface area contributed by atoms with E-state index in [9.17, 15) is 9.59 Å². The summed E-state index contributed by atoms with van der Waals surface area (Å²) in [5, 5.41) is 20.0. The van der Waals surface area contributed by atoms with Gasteiger partial charge in [-0.1, -0.05) is 22.9 Å². The lowest BCUT2D eigenvalue weighted by Gasteiger charge is -2.09. The fourth-order valence-corrected chi connectivity index (χ4v) is 3.06. The van der Waals surface area contributed by atoms with Gasteiger partial charge in [0.25, 0.3) is 0 Å². The molecular formula is C17H23Cl2N7O2. The van der Waals surface area contributed by atoms with Crippen LogP contribution in [0.2, 0.25) is 5.02 Å². The predicted molar refractivity (Wildman–Crippen MR) is 109 cm³/mol. The number of nitrogens with zero attached hydrogens (tertiary/aromatic N) is 3. The normalized spacial score (nSPS) is 18.2. The highest BCUT2D eigenvalue weighted by molar-refractivity contribution is 6.31. The van der Waals surface area contributed by atoms with Gasteiger partial charge in [0.1, 0.15) is 5.69 Å². The van der Waals surface area contributed by atoms with Crippen LogP contribution in [0.1, 0.15) is 23.7 Å². The molecule has 0 radical (unpaired) electrons. The molecule has 9 nitrogen and oxygen atoms in total. The minimum absolute atomic E-state index is 0. The van der Waals surface area contributed by atoms with Gasteiger partial charge in [-0.3, -0.25) is 4.79 Å². The Bertz CT molecular complexity index is 843. The zero-order valence-electron chi connectivity index (χ0n) is 15.5. The zero-order valence-corrected chi connectivity index (χ0v) is 17.1. The first kappa shape index (κ1) is 21.9. The molecule has 1 aliphatic heterocycles. The maximum Gasteiger partial charge on any atom is 0.319 e. The largest absolute Gasteiger partial charge is 0.358 e. The molecule has 2 heterocycles. The number of rotatable bonds is 5. The van der Waals surface area contributed by atoms with Crippen molar-refractivity contribution in [3.63, 3.8) is 0 Å². The first-order chi connectivity index (χ1) is 13.0. The molecule has 1 aromatic carbocycles. The summed E-state index contributed by atoms with van der Waals surface area (Å²) >= 11 is 6.05. The van der Waals surface area contributed by atoms with Gasteiger partial charge in [0.15, 0.2) is 0 Å². The number of carbonyl (C=O) groups is 2. The van der Waals surface area contributed by atoms with Crippen molar-refractivity contribution >= 4 is 41.6 Å². The average Bonchev–Trinajstić information content (AvgIpc) is 3.31. The van der Waals surface area contributed by atoms with Crippen LogP contribution in [0.4, 0.5) is 10.5 Å². The monoisotopic (exact) mass is 427 g/mol. The Hall–Kier alpha value is -2.36. The summed E-state index contributed by atoms with van der Waals surface area (Å²) in [4.78, 5) is 23.7. The van der Waals surface area contributed by atoms with Crippen LogP contribution in [-0.4, -0.2) is 46.6 Å². The van der Waals surface area contributed by atoms with Crippen LogP contribution < -0.4 is 21.3 Å². The number of urea groups is 1. The van der Waals surface area contributed by atoms with Crippen LogP contribution in [-0.2, 0) is 11.3 Å². The summed E-state index contributed by atoms with van der Waals surface area (Å²) in [7, 11) is 1.62. The van der Waals surface area contributed by atoms with Crippen molar-refractivity contribution in [1.29, 1.82) is 0 Å². The Morgan fingerprint density at radius 2 is 2.18 bits per heavy atom. The maximum atomic E-state index is 12.0. The molecule has 0 unspecified atom stereocenters. The van der Waals surface area contributed by atoms with Gasteiger partial charge in [0, 0.05) is 24.3 Å². The van der Waals surface area contributed by atoms with E-state index >= 15 is 0 Å². The minimum Gasteiger partial charge on any atom is -0.358 e. The van der Waals surface area contributed by atoms with E-state index in [4.69, 9.17) is 11.6 Å². The highest BCUT2D eigenvalue weighted by atomic mass is 35.5. The zero-order chi connectivity index (χ0) is 19.4. The Morgan fingerprint density at radius 3 is 2.89 bits per heavy atom. The van der Waals surface area contributed by atoms with Crippen molar-refractivity contribution in [1.82, 2.24) is 30.9 Å². The number of carbonyl (C=O) groups excluding carboxylic acids is 2. The fraction of sp³-hybridized carbons (Fsp3) is 0.412. The maximum absolute atomic E-state index is 12.0. The molecule has 2 aromatic rings. The lowest BCUT2D eigenvalue weighted by molar-refractivity contribution is -0.122. The van der Waals surface area contributed by atoms with E-state index in [1.807, 2.05) is 13.0 Å². The van der Waals surface area contributed by atoms with Crippen LogP contribution in [0.3, 0.4) is 0 Å². The van der Waals surface area contributed by atoms with Gasteiger partial charge < -0.3 is 21.3 Å².